The summed E-state index contributed by atoms with van der Waals surface area (Å²) >= 11 is 1.51. The molecule has 1 atom stereocenters. The lowest BCUT2D eigenvalue weighted by atomic mass is 10.1. The first-order valence-electron chi connectivity index (χ1n) is 5.88. The van der Waals surface area contributed by atoms with Crippen LogP contribution >= 0.6 is 11.8 Å². The number of carboxylic acids is 1. The molecule has 0 aliphatic heterocycles. The molecule has 7 heteroatoms. The third-order valence-electron chi connectivity index (χ3n) is 2.65. The molecule has 2 amide bonds. The molecule has 0 bridgehead atoms. The van der Waals surface area contributed by atoms with Crippen molar-refractivity contribution in [3.63, 3.8) is 0 Å². The summed E-state index contributed by atoms with van der Waals surface area (Å²) in [5, 5.41) is 11.5. The molecular weight excluding hydrogens is 280 g/mol. The fraction of sp³-hybridized carbons (Fsp3) is 0.308. The van der Waals surface area contributed by atoms with Gasteiger partial charge in [0.05, 0.1) is 0 Å². The van der Waals surface area contributed by atoms with Crippen molar-refractivity contribution >= 4 is 29.5 Å². The van der Waals surface area contributed by atoms with E-state index in [9.17, 15) is 14.4 Å². The molecule has 0 aliphatic rings. The topological polar surface area (TPSA) is 109 Å². The van der Waals surface area contributed by atoms with E-state index in [1.54, 1.807) is 0 Å². The van der Waals surface area contributed by atoms with Gasteiger partial charge in [-0.15, -0.1) is 0 Å². The summed E-state index contributed by atoms with van der Waals surface area (Å²) in [5.74, 6) is -1.51. The molecule has 1 aromatic carbocycles. The molecule has 1 rings (SSSR count). The Bertz CT molecular complexity index is 502. The predicted molar refractivity (Wildman–Crippen MR) is 76.8 cm³/mol. The summed E-state index contributed by atoms with van der Waals surface area (Å²) in [5.41, 5.74) is 5.67. The molecule has 0 saturated heterocycles. The van der Waals surface area contributed by atoms with Crippen molar-refractivity contribution < 1.29 is 19.5 Å². The smallest absolute Gasteiger partial charge is 0.326 e. The van der Waals surface area contributed by atoms with Crippen molar-refractivity contribution in [3.05, 3.63) is 35.4 Å². The monoisotopic (exact) mass is 296 g/mol. The molecule has 1 aromatic rings. The molecule has 0 radical (unpaired) electrons. The summed E-state index contributed by atoms with van der Waals surface area (Å²) < 4.78 is 0. The number of carboxylic acid groups (broad SMARTS) is 1. The molecule has 4 N–H and O–H groups in total. The van der Waals surface area contributed by atoms with E-state index in [0.29, 0.717) is 17.7 Å². The minimum absolute atomic E-state index is 0.283. The largest absolute Gasteiger partial charge is 0.480 e. The van der Waals surface area contributed by atoms with Crippen LogP contribution in [0.25, 0.3) is 0 Å². The molecule has 0 aromatic heterocycles. The molecule has 108 valence electrons. The van der Waals surface area contributed by atoms with Gasteiger partial charge in [-0.25, -0.2) is 4.79 Å². The van der Waals surface area contributed by atoms with Crippen molar-refractivity contribution in [1.82, 2.24) is 5.32 Å². The number of primary amides is 1. The van der Waals surface area contributed by atoms with Gasteiger partial charge in [-0.2, -0.15) is 11.8 Å². The first-order chi connectivity index (χ1) is 9.45. The standard InChI is InChI=1S/C13H16N2O4S/c1-20-7-6-10(13(18)19)15-12(17)9-4-2-8(3-5-9)11(14)16/h2-5,10H,6-7H2,1H3,(H2,14,16)(H,15,17)(H,18,19)/t10-/m1/s1. The number of rotatable bonds is 7. The van der Waals surface area contributed by atoms with Crippen LogP contribution in [0.4, 0.5) is 0 Å². The highest BCUT2D eigenvalue weighted by Gasteiger charge is 2.20. The number of benzene rings is 1. The molecule has 20 heavy (non-hydrogen) atoms. The number of aliphatic carboxylic acids is 1. The van der Waals surface area contributed by atoms with Gasteiger partial charge in [0.1, 0.15) is 6.04 Å². The lowest BCUT2D eigenvalue weighted by molar-refractivity contribution is -0.139. The van der Waals surface area contributed by atoms with Crippen LogP contribution in [0, 0.1) is 0 Å². The van der Waals surface area contributed by atoms with Crippen LogP contribution in [0.3, 0.4) is 0 Å². The van der Waals surface area contributed by atoms with E-state index in [2.05, 4.69) is 5.32 Å². The van der Waals surface area contributed by atoms with Gasteiger partial charge in [-0.3, -0.25) is 9.59 Å². The van der Waals surface area contributed by atoms with Crippen LogP contribution in [0.15, 0.2) is 24.3 Å². The number of carbonyl (C=O) groups is 3. The van der Waals surface area contributed by atoms with Gasteiger partial charge in [-0.1, -0.05) is 0 Å². The Morgan fingerprint density at radius 3 is 2.25 bits per heavy atom. The van der Waals surface area contributed by atoms with Gasteiger partial charge < -0.3 is 16.2 Å². The van der Waals surface area contributed by atoms with Crippen molar-refractivity contribution in [2.45, 2.75) is 12.5 Å². The SMILES string of the molecule is CSCC[C@@H](NC(=O)c1ccc(C(N)=O)cc1)C(=O)O. The molecular formula is C13H16N2O4S. The van der Waals surface area contributed by atoms with Crippen LogP contribution in [0.5, 0.6) is 0 Å². The summed E-state index contributed by atoms with van der Waals surface area (Å²) in [6, 6.07) is 4.79. The third kappa shape index (κ3) is 4.58. The van der Waals surface area contributed by atoms with Crippen molar-refractivity contribution in [2.24, 2.45) is 5.73 Å². The van der Waals surface area contributed by atoms with Gasteiger partial charge >= 0.3 is 5.97 Å². The Morgan fingerprint density at radius 1 is 1.25 bits per heavy atom. The third-order valence-corrected chi connectivity index (χ3v) is 3.29. The molecule has 0 heterocycles. The first kappa shape index (κ1) is 16.0. The minimum Gasteiger partial charge on any atom is -0.480 e. The Balaban J connectivity index is 2.73. The van der Waals surface area contributed by atoms with E-state index in [4.69, 9.17) is 10.8 Å². The number of hydrogen-bond acceptors (Lipinski definition) is 4. The highest BCUT2D eigenvalue weighted by Crippen LogP contribution is 2.06. The molecule has 0 fully saturated rings. The van der Waals surface area contributed by atoms with Crippen molar-refractivity contribution in [2.75, 3.05) is 12.0 Å². The number of nitrogens with two attached hydrogens (primary N) is 1. The molecule has 0 saturated carbocycles. The van der Waals surface area contributed by atoms with Gasteiger partial charge in [0.15, 0.2) is 0 Å². The summed E-state index contributed by atoms with van der Waals surface area (Å²) in [7, 11) is 0. The quantitative estimate of drug-likeness (QED) is 0.687. The highest BCUT2D eigenvalue weighted by atomic mass is 32.2. The first-order valence-corrected chi connectivity index (χ1v) is 7.27. The minimum atomic E-state index is -1.07. The van der Waals surface area contributed by atoms with E-state index in [1.165, 1.54) is 36.0 Å². The summed E-state index contributed by atoms with van der Waals surface area (Å²) in [6.07, 6.45) is 2.21. The van der Waals surface area contributed by atoms with E-state index in [1.807, 2.05) is 6.26 Å². The lowest BCUT2D eigenvalue weighted by Gasteiger charge is -2.14. The number of nitrogens with one attached hydrogen (secondary N) is 1. The van der Waals surface area contributed by atoms with Crippen LogP contribution in [-0.4, -0.2) is 40.9 Å². The maximum Gasteiger partial charge on any atom is 0.326 e. The second-order valence-corrected chi connectivity index (χ2v) is 5.07. The van der Waals surface area contributed by atoms with Crippen LogP contribution in [0.2, 0.25) is 0 Å². The lowest BCUT2D eigenvalue weighted by Crippen LogP contribution is -2.41. The maximum absolute atomic E-state index is 11.9. The highest BCUT2D eigenvalue weighted by molar-refractivity contribution is 7.98. The molecule has 0 unspecified atom stereocenters. The fourth-order valence-corrected chi connectivity index (χ4v) is 1.99. The predicted octanol–water partition coefficient (Wildman–Crippen LogP) is 0.722. The van der Waals surface area contributed by atoms with Gasteiger partial charge in [0.2, 0.25) is 5.91 Å². The van der Waals surface area contributed by atoms with E-state index in [-0.39, 0.29) is 5.56 Å². The average molecular weight is 296 g/mol. The molecule has 0 spiro atoms. The Morgan fingerprint density at radius 2 is 1.80 bits per heavy atom. The number of hydrogen-bond donors (Lipinski definition) is 3. The van der Waals surface area contributed by atoms with Crippen molar-refractivity contribution in [1.29, 1.82) is 0 Å². The van der Waals surface area contributed by atoms with E-state index >= 15 is 0 Å². The number of thioether (sulfide) groups is 1. The van der Waals surface area contributed by atoms with E-state index in [0.717, 1.165) is 0 Å². The maximum atomic E-state index is 11.9. The Kier molecular flexibility index (Phi) is 6.05. The Labute approximate surface area is 120 Å². The van der Waals surface area contributed by atoms with Crippen LogP contribution < -0.4 is 11.1 Å². The van der Waals surface area contributed by atoms with E-state index < -0.39 is 23.8 Å². The number of carbonyl (C=O) groups excluding carboxylic acids is 2. The molecule has 0 aliphatic carbocycles. The van der Waals surface area contributed by atoms with Crippen LogP contribution in [-0.2, 0) is 4.79 Å². The van der Waals surface area contributed by atoms with Gasteiger partial charge in [0, 0.05) is 11.1 Å². The second-order valence-electron chi connectivity index (χ2n) is 4.09. The zero-order chi connectivity index (χ0) is 15.1. The zero-order valence-electron chi connectivity index (χ0n) is 11.0. The van der Waals surface area contributed by atoms with Gasteiger partial charge in [0.25, 0.3) is 5.91 Å². The van der Waals surface area contributed by atoms with Crippen LogP contribution in [0.1, 0.15) is 27.1 Å². The second kappa shape index (κ2) is 7.54. The summed E-state index contributed by atoms with van der Waals surface area (Å²) in [6.45, 7) is 0. The van der Waals surface area contributed by atoms with Gasteiger partial charge in [-0.05, 0) is 42.7 Å². The number of amides is 2. The average Bonchev–Trinajstić information content (AvgIpc) is 2.42. The normalized spacial score (nSPS) is 11.7. The summed E-state index contributed by atoms with van der Waals surface area (Å²) in [4.78, 5) is 33.8. The molecule has 6 nitrogen and oxygen atoms in total. The fourth-order valence-electron chi connectivity index (χ4n) is 1.52. The zero-order valence-corrected chi connectivity index (χ0v) is 11.8. The Hall–Kier alpha value is -2.02. The van der Waals surface area contributed by atoms with Crippen molar-refractivity contribution in [3.8, 4) is 0 Å².